The predicted octanol–water partition coefficient (Wildman–Crippen LogP) is 8.83. The van der Waals surface area contributed by atoms with Gasteiger partial charge in [0.05, 0.1) is 59.5 Å². The zero-order valence-electron chi connectivity index (χ0n) is 35.5. The minimum atomic E-state index is -5.08. The lowest BCUT2D eigenvalue weighted by Crippen LogP contribution is -2.21. The third kappa shape index (κ3) is 17.2. The van der Waals surface area contributed by atoms with Crippen LogP contribution in [-0.4, -0.2) is 93.4 Å². The van der Waals surface area contributed by atoms with Crippen molar-refractivity contribution in [2.45, 2.75) is 19.4 Å². The van der Waals surface area contributed by atoms with Gasteiger partial charge in [0.2, 0.25) is 0 Å². The molecule has 0 saturated heterocycles. The fourth-order valence-electron chi connectivity index (χ4n) is 5.18. The molecule has 21 heteroatoms. The number of carboxylic acid groups (broad SMARTS) is 1. The Morgan fingerprint density at radius 2 is 1.12 bits per heavy atom. The number of rotatable bonds is 18. The summed E-state index contributed by atoms with van der Waals surface area (Å²) in [5, 5.41) is 17.7. The van der Waals surface area contributed by atoms with Crippen molar-refractivity contribution in [3.05, 3.63) is 143 Å². The van der Waals surface area contributed by atoms with Crippen molar-refractivity contribution in [3.63, 3.8) is 0 Å². The van der Waals surface area contributed by atoms with E-state index in [1.807, 2.05) is 12.1 Å². The van der Waals surface area contributed by atoms with Crippen molar-refractivity contribution in [2.24, 2.45) is 0 Å². The number of aliphatic carboxylic acids is 1. The topological polar surface area (TPSA) is 190 Å². The highest BCUT2D eigenvalue weighted by molar-refractivity contribution is 7.25. The number of fused-ring (bicyclic) bond motifs is 4. The van der Waals surface area contributed by atoms with E-state index in [0.717, 1.165) is 27.6 Å². The number of hydrogen-bond acceptors (Lipinski definition) is 15. The number of carbonyl (C=O) groups is 3. The van der Waals surface area contributed by atoms with Crippen molar-refractivity contribution >= 4 is 80.9 Å². The number of benzene rings is 4. The predicted molar refractivity (Wildman–Crippen MR) is 243 cm³/mol. The highest BCUT2D eigenvalue weighted by Crippen LogP contribution is 2.34. The lowest BCUT2D eigenvalue weighted by molar-refractivity contribution is -0.192. The lowest BCUT2D eigenvalue weighted by atomic mass is 10.1. The highest BCUT2D eigenvalue weighted by Gasteiger charge is 2.38. The van der Waals surface area contributed by atoms with Gasteiger partial charge in [-0.05, 0) is 55.5 Å². The molecule has 0 radical (unpaired) electrons. The van der Waals surface area contributed by atoms with Crippen LogP contribution in [0.4, 0.5) is 22.0 Å². The van der Waals surface area contributed by atoms with Crippen molar-refractivity contribution in [1.29, 1.82) is 0 Å². The maximum absolute atomic E-state index is 14.4. The van der Waals surface area contributed by atoms with Crippen LogP contribution in [0.5, 0.6) is 11.5 Å². The van der Waals surface area contributed by atoms with Crippen LogP contribution in [0.2, 0.25) is 0 Å². The normalized spacial score (nSPS) is 11.1. The Morgan fingerprint density at radius 1 is 0.672 bits per heavy atom. The Bertz CT molecular complexity index is 2770. The smallest absolute Gasteiger partial charge is 0.490 e. The third-order valence-corrected chi connectivity index (χ3v) is 10.5. The van der Waals surface area contributed by atoms with Gasteiger partial charge in [-0.1, -0.05) is 44.0 Å². The van der Waals surface area contributed by atoms with E-state index in [4.69, 9.17) is 38.3 Å². The minimum absolute atomic E-state index is 0.0146. The molecular weight excluding hydrogens is 936 g/mol. The summed E-state index contributed by atoms with van der Waals surface area (Å²) in [5.41, 5.74) is -0.732. The van der Waals surface area contributed by atoms with Gasteiger partial charge in [-0.3, -0.25) is 9.59 Å². The fourth-order valence-corrected chi connectivity index (χ4v) is 7.43. The number of carboxylic acids is 1. The van der Waals surface area contributed by atoms with E-state index < -0.39 is 42.0 Å². The molecule has 67 heavy (non-hydrogen) atoms. The molecular formula is C46H43F5O14S2. The van der Waals surface area contributed by atoms with Gasteiger partial charge in [-0.2, -0.15) is 13.2 Å². The molecule has 0 saturated carbocycles. The average Bonchev–Trinajstić information content (AvgIpc) is 3.30. The van der Waals surface area contributed by atoms with Crippen molar-refractivity contribution in [3.8, 4) is 11.5 Å². The monoisotopic (exact) mass is 978 g/mol. The Labute approximate surface area is 386 Å². The zero-order chi connectivity index (χ0) is 49.5. The third-order valence-electron chi connectivity index (χ3n) is 8.15. The molecule has 0 aliphatic rings. The number of aromatic hydroxyl groups is 1. The number of esters is 2. The zero-order valence-corrected chi connectivity index (χ0v) is 37.1. The van der Waals surface area contributed by atoms with Gasteiger partial charge in [0.1, 0.15) is 43.0 Å². The largest absolute Gasteiger partial charge is 0.506 e. The summed E-state index contributed by atoms with van der Waals surface area (Å²) in [6.45, 7) is 14.0. The Kier molecular flexibility index (Phi) is 22.5. The van der Waals surface area contributed by atoms with E-state index in [1.54, 1.807) is 43.3 Å². The molecule has 14 nitrogen and oxygen atoms in total. The molecule has 6 aromatic rings. The molecule has 2 N–H and O–H groups in total. The molecule has 0 spiro atoms. The number of phenols is 1. The molecule has 0 amide bonds. The first-order valence-corrected chi connectivity index (χ1v) is 21.1. The van der Waals surface area contributed by atoms with Crippen LogP contribution in [0.1, 0.15) is 6.92 Å². The van der Waals surface area contributed by atoms with Gasteiger partial charge >= 0.3 is 24.1 Å². The lowest BCUT2D eigenvalue weighted by Gasteiger charge is -2.17. The SMILES string of the molecule is C=CC(=O)OCCOCCOC(C)Oc1ccc(F)c2c(=O)c3ccccc3sc12.C=COCCOCCOC(=O)C=C.O=C(O)C(F)(F)F.O=c1c2ccccc2sc2c(O)ccc(F)c12. The van der Waals surface area contributed by atoms with Crippen molar-refractivity contribution in [1.82, 2.24) is 0 Å². The van der Waals surface area contributed by atoms with Gasteiger partial charge in [0, 0.05) is 32.3 Å². The minimum Gasteiger partial charge on any atom is -0.506 e. The van der Waals surface area contributed by atoms with Gasteiger partial charge < -0.3 is 43.4 Å². The molecule has 0 bridgehead atoms. The number of alkyl halides is 3. The maximum Gasteiger partial charge on any atom is 0.490 e. The quantitative estimate of drug-likeness (QED) is 0.0158. The number of ether oxygens (including phenoxy) is 7. The summed E-state index contributed by atoms with van der Waals surface area (Å²) in [4.78, 5) is 55.1. The number of phenolic OH excluding ortho intramolecular Hbond substituents is 1. The van der Waals surface area contributed by atoms with E-state index in [2.05, 4.69) is 24.5 Å². The second-order valence-corrected chi connectivity index (χ2v) is 14.8. The van der Waals surface area contributed by atoms with Crippen LogP contribution in [0.25, 0.3) is 40.3 Å². The standard InChI is InChI=1S/C22H21FO6S.C13H7FO2S.C9H14O4.C2HF3O2/c1-3-19(24)28-13-11-26-10-12-27-14(2)29-17-9-8-16(23)20-21(25)15-6-4-5-7-18(15)30-22(17)20;14-8-5-6-9(15)13-11(8)12(16)7-3-1-2-4-10(7)17-13;1-3-9(10)13-8-7-12-6-5-11-4-2;3-2(4,5)1(6)7/h3-9,14H,1,10-13H2,2H3;1-6,15H;3-4H,1-2,5-8H2;(H,6,7). The molecule has 1 atom stereocenters. The van der Waals surface area contributed by atoms with Crippen molar-refractivity contribution in [2.75, 3.05) is 52.9 Å². The van der Waals surface area contributed by atoms with E-state index in [-0.39, 0.29) is 60.4 Å². The molecule has 4 aromatic carbocycles. The highest BCUT2D eigenvalue weighted by atomic mass is 32.1. The van der Waals surface area contributed by atoms with Crippen LogP contribution in [0.3, 0.4) is 0 Å². The Balaban J connectivity index is 0.000000270. The van der Waals surface area contributed by atoms with E-state index in [0.29, 0.717) is 45.7 Å². The first-order valence-electron chi connectivity index (χ1n) is 19.5. The molecule has 2 heterocycles. The molecule has 6 rings (SSSR count). The maximum atomic E-state index is 14.4. The summed E-state index contributed by atoms with van der Waals surface area (Å²) in [7, 11) is 0. The van der Waals surface area contributed by atoms with Gasteiger partial charge in [0.25, 0.3) is 0 Å². The van der Waals surface area contributed by atoms with Gasteiger partial charge in [-0.15, -0.1) is 22.7 Å². The Morgan fingerprint density at radius 3 is 1.61 bits per heavy atom. The first-order chi connectivity index (χ1) is 31.9. The average molecular weight is 979 g/mol. The molecule has 0 fully saturated rings. The second-order valence-electron chi connectivity index (χ2n) is 12.7. The summed E-state index contributed by atoms with van der Waals surface area (Å²) in [6, 6.07) is 19.2. The number of carbonyl (C=O) groups excluding carboxylic acids is 2. The van der Waals surface area contributed by atoms with E-state index in [1.165, 1.54) is 47.1 Å². The van der Waals surface area contributed by atoms with Crippen LogP contribution in [-0.2, 0) is 42.8 Å². The van der Waals surface area contributed by atoms with Crippen LogP contribution < -0.4 is 15.6 Å². The van der Waals surface area contributed by atoms with Crippen LogP contribution >= 0.6 is 22.7 Å². The molecule has 358 valence electrons. The van der Waals surface area contributed by atoms with Crippen molar-refractivity contribution < 1.29 is 79.7 Å². The van der Waals surface area contributed by atoms with Crippen LogP contribution in [0, 0.1) is 11.6 Å². The molecule has 0 aliphatic carbocycles. The molecule has 2 aromatic heterocycles. The van der Waals surface area contributed by atoms with E-state index >= 15 is 0 Å². The summed E-state index contributed by atoms with van der Waals surface area (Å²) in [5.74, 6) is -4.55. The second kappa shape index (κ2) is 27.6. The van der Waals surface area contributed by atoms with Crippen LogP contribution in [0.15, 0.2) is 121 Å². The number of halogens is 5. The fraction of sp³-hybridized carbons (Fsp3) is 0.239. The van der Waals surface area contributed by atoms with Gasteiger partial charge in [0.15, 0.2) is 17.1 Å². The molecule has 1 unspecified atom stereocenters. The number of hydrogen-bond donors (Lipinski definition) is 2. The Hall–Kier alpha value is -6.78. The summed E-state index contributed by atoms with van der Waals surface area (Å²) in [6.07, 6.45) is -2.18. The first kappa shape index (κ1) is 54.6. The van der Waals surface area contributed by atoms with Gasteiger partial charge in [-0.25, -0.2) is 23.2 Å². The summed E-state index contributed by atoms with van der Waals surface area (Å²) >= 11 is 2.51. The molecule has 0 aliphatic heterocycles. The summed E-state index contributed by atoms with van der Waals surface area (Å²) < 4.78 is 97.9. The van der Waals surface area contributed by atoms with E-state index in [9.17, 15) is 46.2 Å².